The maximum atomic E-state index is 12.6. The van der Waals surface area contributed by atoms with E-state index in [2.05, 4.69) is 10.6 Å². The SMILES string of the molecule is COc1ccc(NC(=O)C[NH2+]C23CC4CC(CC(C4)C2)C3)cc1S(=O)(=O)N(C)C. The Morgan fingerprint density at radius 1 is 1.17 bits per heavy atom. The molecule has 0 aliphatic heterocycles. The van der Waals surface area contributed by atoms with Crippen molar-refractivity contribution in [3.05, 3.63) is 18.2 Å². The number of nitrogens with two attached hydrogens (primary N) is 1. The monoisotopic (exact) mass is 422 g/mol. The summed E-state index contributed by atoms with van der Waals surface area (Å²) < 4.78 is 31.5. The standard InChI is InChI=1S/C21H31N3O4S/c1-24(2)29(26,27)19-9-17(4-5-18(19)28-3)23-20(25)13-22-21-10-14-6-15(11-21)8-16(7-14)12-21/h4-5,9,14-16,22H,6-8,10-13H2,1-3H3,(H,23,25)/p+1. The third-order valence-corrected chi connectivity index (χ3v) is 8.85. The highest BCUT2D eigenvalue weighted by Crippen LogP contribution is 2.54. The Morgan fingerprint density at radius 2 is 1.76 bits per heavy atom. The van der Waals surface area contributed by atoms with Crippen LogP contribution in [0.3, 0.4) is 0 Å². The minimum absolute atomic E-state index is 0.0489. The number of amides is 1. The van der Waals surface area contributed by atoms with Gasteiger partial charge in [0.15, 0.2) is 6.54 Å². The lowest BCUT2D eigenvalue weighted by molar-refractivity contribution is -0.729. The minimum atomic E-state index is -3.67. The van der Waals surface area contributed by atoms with Crippen LogP contribution < -0.4 is 15.4 Å². The lowest BCUT2D eigenvalue weighted by Crippen LogP contribution is -3.00. The molecule has 4 bridgehead atoms. The average Bonchev–Trinajstić information content (AvgIpc) is 2.65. The summed E-state index contributed by atoms with van der Waals surface area (Å²) in [6.45, 7) is 0.369. The second-order valence-corrected chi connectivity index (χ2v) is 11.5. The van der Waals surface area contributed by atoms with Crippen LogP contribution in [-0.2, 0) is 14.8 Å². The van der Waals surface area contributed by atoms with Gasteiger partial charge in [-0.1, -0.05) is 0 Å². The molecule has 8 heteroatoms. The number of ether oxygens (including phenoxy) is 1. The van der Waals surface area contributed by atoms with Gasteiger partial charge >= 0.3 is 0 Å². The van der Waals surface area contributed by atoms with Crippen molar-refractivity contribution in [2.24, 2.45) is 17.8 Å². The number of carbonyl (C=O) groups is 1. The summed E-state index contributed by atoms with van der Waals surface area (Å²) in [7, 11) is 0.707. The molecule has 7 nitrogen and oxygen atoms in total. The van der Waals surface area contributed by atoms with Crippen LogP contribution in [0.4, 0.5) is 5.69 Å². The molecule has 0 aromatic heterocycles. The zero-order valence-electron chi connectivity index (χ0n) is 17.5. The van der Waals surface area contributed by atoms with Gasteiger partial charge in [-0.2, -0.15) is 0 Å². The van der Waals surface area contributed by atoms with Gasteiger partial charge in [0.2, 0.25) is 10.0 Å². The molecular weight excluding hydrogens is 390 g/mol. The summed E-state index contributed by atoms with van der Waals surface area (Å²) in [6.07, 6.45) is 7.86. The highest BCUT2D eigenvalue weighted by Gasteiger charge is 2.53. The molecule has 0 heterocycles. The summed E-state index contributed by atoms with van der Waals surface area (Å²) in [4.78, 5) is 12.7. The molecule has 4 saturated carbocycles. The van der Waals surface area contributed by atoms with Gasteiger partial charge in [-0.3, -0.25) is 4.79 Å². The number of nitrogens with one attached hydrogen (secondary N) is 1. The lowest BCUT2D eigenvalue weighted by atomic mass is 9.53. The van der Waals surface area contributed by atoms with Crippen LogP contribution >= 0.6 is 0 Å². The third kappa shape index (κ3) is 4.02. The van der Waals surface area contributed by atoms with Gasteiger partial charge in [-0.25, -0.2) is 12.7 Å². The number of benzene rings is 1. The summed E-state index contributed by atoms with van der Waals surface area (Å²) in [5, 5.41) is 5.13. The van der Waals surface area contributed by atoms with Gasteiger partial charge in [0.1, 0.15) is 10.6 Å². The predicted molar refractivity (Wildman–Crippen MR) is 110 cm³/mol. The number of hydrogen-bond acceptors (Lipinski definition) is 4. The molecular formula is C21H32N3O4S+. The molecule has 3 N–H and O–H groups in total. The normalized spacial score (nSPS) is 30.6. The molecule has 0 radical (unpaired) electrons. The van der Waals surface area contributed by atoms with E-state index in [0.717, 1.165) is 22.1 Å². The Labute approximate surface area is 173 Å². The van der Waals surface area contributed by atoms with Crippen LogP contribution in [-0.4, -0.2) is 51.9 Å². The average molecular weight is 423 g/mol. The maximum Gasteiger partial charge on any atom is 0.279 e. The number of carbonyl (C=O) groups excluding carboxylic acids is 1. The molecule has 0 saturated heterocycles. The van der Waals surface area contributed by atoms with Gasteiger partial charge in [0, 0.05) is 39.0 Å². The number of hydrogen-bond donors (Lipinski definition) is 2. The van der Waals surface area contributed by atoms with E-state index in [0.29, 0.717) is 12.2 Å². The molecule has 5 rings (SSSR count). The zero-order chi connectivity index (χ0) is 20.8. The molecule has 4 aliphatic carbocycles. The molecule has 4 fully saturated rings. The molecule has 0 spiro atoms. The third-order valence-electron chi connectivity index (χ3n) is 7.01. The molecule has 160 valence electrons. The van der Waals surface area contributed by atoms with Crippen LogP contribution in [0.5, 0.6) is 5.75 Å². The van der Waals surface area contributed by atoms with Crippen LogP contribution in [0.25, 0.3) is 0 Å². The molecule has 4 aliphatic rings. The molecule has 29 heavy (non-hydrogen) atoms. The summed E-state index contributed by atoms with van der Waals surface area (Å²) in [6, 6.07) is 4.72. The van der Waals surface area contributed by atoms with Crippen molar-refractivity contribution in [1.29, 1.82) is 0 Å². The van der Waals surface area contributed by atoms with E-state index < -0.39 is 10.0 Å². The van der Waals surface area contributed by atoms with Crippen LogP contribution in [0, 0.1) is 17.8 Å². The summed E-state index contributed by atoms with van der Waals surface area (Å²) in [5.41, 5.74) is 0.709. The first-order valence-corrected chi connectivity index (χ1v) is 11.9. The van der Waals surface area contributed by atoms with E-state index in [1.54, 1.807) is 12.1 Å². The fourth-order valence-corrected chi connectivity index (χ4v) is 7.18. The highest BCUT2D eigenvalue weighted by molar-refractivity contribution is 7.89. The number of methoxy groups -OCH3 is 1. The van der Waals surface area contributed by atoms with Crippen LogP contribution in [0.15, 0.2) is 23.1 Å². The van der Waals surface area contributed by atoms with E-state index in [4.69, 9.17) is 4.74 Å². The number of nitrogens with zero attached hydrogens (tertiary/aromatic N) is 1. The van der Waals surface area contributed by atoms with Crippen LogP contribution in [0.1, 0.15) is 38.5 Å². The number of rotatable bonds is 7. The largest absolute Gasteiger partial charge is 0.495 e. The van der Waals surface area contributed by atoms with Gasteiger partial charge < -0.3 is 15.4 Å². The van der Waals surface area contributed by atoms with E-state index in [1.807, 2.05) is 0 Å². The van der Waals surface area contributed by atoms with Crippen molar-refractivity contribution in [3.8, 4) is 5.75 Å². The van der Waals surface area contributed by atoms with Crippen molar-refractivity contribution in [2.75, 3.05) is 33.1 Å². The molecule has 1 amide bonds. The smallest absolute Gasteiger partial charge is 0.279 e. The molecule has 1 aromatic rings. The Morgan fingerprint density at radius 3 is 2.28 bits per heavy atom. The van der Waals surface area contributed by atoms with E-state index in [9.17, 15) is 13.2 Å². The summed E-state index contributed by atoms with van der Waals surface area (Å²) in [5.74, 6) is 2.71. The van der Waals surface area contributed by atoms with Crippen molar-refractivity contribution >= 4 is 21.6 Å². The maximum absolute atomic E-state index is 12.6. The Kier molecular flexibility index (Phi) is 5.38. The second-order valence-electron chi connectivity index (χ2n) is 9.39. The molecule has 0 atom stereocenters. The van der Waals surface area contributed by atoms with E-state index in [-0.39, 0.29) is 22.1 Å². The fraction of sp³-hybridized carbons (Fsp3) is 0.667. The number of anilines is 1. The van der Waals surface area contributed by atoms with Gasteiger partial charge in [0.05, 0.1) is 12.6 Å². The predicted octanol–water partition coefficient (Wildman–Crippen LogP) is 1.42. The van der Waals surface area contributed by atoms with Gasteiger partial charge in [0.25, 0.3) is 5.91 Å². The van der Waals surface area contributed by atoms with E-state index in [1.165, 1.54) is 65.8 Å². The van der Waals surface area contributed by atoms with Crippen molar-refractivity contribution in [1.82, 2.24) is 4.31 Å². The quantitative estimate of drug-likeness (QED) is 0.695. The number of quaternary nitrogens is 1. The first-order chi connectivity index (χ1) is 13.7. The first kappa shape index (κ1) is 20.6. The van der Waals surface area contributed by atoms with E-state index >= 15 is 0 Å². The van der Waals surface area contributed by atoms with Crippen molar-refractivity contribution < 1.29 is 23.3 Å². The Bertz CT molecular complexity index is 862. The number of sulfonamides is 1. The molecule has 1 aromatic carbocycles. The Balaban J connectivity index is 1.42. The van der Waals surface area contributed by atoms with Crippen molar-refractivity contribution in [2.45, 2.75) is 49.0 Å². The van der Waals surface area contributed by atoms with Crippen molar-refractivity contribution in [3.63, 3.8) is 0 Å². The zero-order valence-corrected chi connectivity index (χ0v) is 18.3. The lowest BCUT2D eigenvalue weighted by Gasteiger charge is -2.54. The Hall–Kier alpha value is -1.64. The summed E-state index contributed by atoms with van der Waals surface area (Å²) >= 11 is 0. The molecule has 0 unspecified atom stereocenters. The van der Waals surface area contributed by atoms with Gasteiger partial charge in [-0.15, -0.1) is 0 Å². The topological polar surface area (TPSA) is 92.3 Å². The second kappa shape index (κ2) is 7.56. The van der Waals surface area contributed by atoms with Gasteiger partial charge in [-0.05, 0) is 55.2 Å². The van der Waals surface area contributed by atoms with Crippen LogP contribution in [0.2, 0.25) is 0 Å². The first-order valence-electron chi connectivity index (χ1n) is 10.5. The fourth-order valence-electron chi connectivity index (χ4n) is 6.10. The highest BCUT2D eigenvalue weighted by atomic mass is 32.2. The minimum Gasteiger partial charge on any atom is -0.495 e.